The summed E-state index contributed by atoms with van der Waals surface area (Å²) in [6.07, 6.45) is -2.76. The lowest BCUT2D eigenvalue weighted by atomic mass is 9.89. The van der Waals surface area contributed by atoms with Gasteiger partial charge in [-0.1, -0.05) is 0 Å². The van der Waals surface area contributed by atoms with Crippen LogP contribution in [0, 0.1) is 0 Å². The maximum Gasteiger partial charge on any atom is 0.161 e. The zero-order chi connectivity index (χ0) is 15.1. The molecule has 118 valence electrons. The predicted molar refractivity (Wildman–Crippen MR) is 71.1 cm³/mol. The van der Waals surface area contributed by atoms with Gasteiger partial charge in [-0.2, -0.15) is 0 Å². The van der Waals surface area contributed by atoms with Gasteiger partial charge in [-0.3, -0.25) is 0 Å². The molecular formula is C14H26O6. The first-order chi connectivity index (χ1) is 9.20. The summed E-state index contributed by atoms with van der Waals surface area (Å²) in [5.74, 6) is 0. The molecule has 2 saturated heterocycles. The van der Waals surface area contributed by atoms with Crippen molar-refractivity contribution < 1.29 is 29.5 Å². The summed E-state index contributed by atoms with van der Waals surface area (Å²) in [5, 5.41) is 30.2. The van der Waals surface area contributed by atoms with Crippen molar-refractivity contribution in [3.63, 3.8) is 0 Å². The van der Waals surface area contributed by atoms with Crippen LogP contribution in [0.2, 0.25) is 0 Å². The quantitative estimate of drug-likeness (QED) is 0.672. The van der Waals surface area contributed by atoms with Crippen LogP contribution in [-0.2, 0) is 14.2 Å². The molecule has 2 aliphatic rings. The zero-order valence-corrected chi connectivity index (χ0v) is 12.5. The number of rotatable bonds is 2. The van der Waals surface area contributed by atoms with Crippen LogP contribution in [0.4, 0.5) is 0 Å². The van der Waals surface area contributed by atoms with Crippen molar-refractivity contribution >= 4 is 0 Å². The smallest absolute Gasteiger partial charge is 0.161 e. The molecule has 0 aromatic rings. The minimum absolute atomic E-state index is 0.00511. The molecule has 0 aromatic heterocycles. The highest BCUT2D eigenvalue weighted by Crippen LogP contribution is 2.32. The maximum absolute atomic E-state index is 10.2. The van der Waals surface area contributed by atoms with Gasteiger partial charge in [-0.25, -0.2) is 0 Å². The number of aliphatic hydroxyl groups is 3. The number of hydrogen-bond donors (Lipinski definition) is 3. The van der Waals surface area contributed by atoms with E-state index in [0.29, 0.717) is 6.42 Å². The first-order valence-electron chi connectivity index (χ1n) is 7.25. The lowest BCUT2D eigenvalue weighted by Crippen LogP contribution is -2.57. The minimum atomic E-state index is -1.25. The van der Waals surface area contributed by atoms with Crippen molar-refractivity contribution in [2.45, 2.75) is 89.1 Å². The van der Waals surface area contributed by atoms with Gasteiger partial charge in [0.2, 0.25) is 0 Å². The summed E-state index contributed by atoms with van der Waals surface area (Å²) >= 11 is 0. The average molecular weight is 290 g/mol. The highest BCUT2D eigenvalue weighted by Gasteiger charge is 2.45. The lowest BCUT2D eigenvalue weighted by Gasteiger charge is -2.44. The van der Waals surface area contributed by atoms with Crippen LogP contribution < -0.4 is 0 Å². The van der Waals surface area contributed by atoms with Gasteiger partial charge in [0.25, 0.3) is 0 Å². The van der Waals surface area contributed by atoms with Crippen LogP contribution in [0.3, 0.4) is 0 Å². The molecule has 20 heavy (non-hydrogen) atoms. The fourth-order valence-corrected chi connectivity index (χ4v) is 3.01. The maximum atomic E-state index is 10.2. The summed E-state index contributed by atoms with van der Waals surface area (Å²) in [5.41, 5.74) is -1.25. The summed E-state index contributed by atoms with van der Waals surface area (Å²) in [7, 11) is 0. The van der Waals surface area contributed by atoms with E-state index in [-0.39, 0.29) is 18.6 Å². The van der Waals surface area contributed by atoms with Crippen LogP contribution in [0.15, 0.2) is 0 Å². The lowest BCUT2D eigenvalue weighted by molar-refractivity contribution is -0.302. The van der Waals surface area contributed by atoms with E-state index in [9.17, 15) is 15.3 Å². The zero-order valence-electron chi connectivity index (χ0n) is 12.5. The summed E-state index contributed by atoms with van der Waals surface area (Å²) in [6.45, 7) is 7.00. The average Bonchev–Trinajstić information content (AvgIpc) is 2.32. The molecule has 0 aromatic carbocycles. The fraction of sp³-hybridized carbons (Fsp3) is 1.00. The fourth-order valence-electron chi connectivity index (χ4n) is 3.01. The van der Waals surface area contributed by atoms with Crippen LogP contribution in [-0.4, -0.2) is 63.8 Å². The third kappa shape index (κ3) is 3.32. The van der Waals surface area contributed by atoms with E-state index in [0.717, 1.165) is 0 Å². The Bertz CT molecular complexity index is 334. The van der Waals surface area contributed by atoms with Crippen molar-refractivity contribution in [2.75, 3.05) is 0 Å². The highest BCUT2D eigenvalue weighted by molar-refractivity contribution is 4.92. The topological polar surface area (TPSA) is 88.4 Å². The van der Waals surface area contributed by atoms with Gasteiger partial charge in [0, 0.05) is 12.8 Å². The van der Waals surface area contributed by atoms with Crippen molar-refractivity contribution in [1.29, 1.82) is 0 Å². The second kappa shape index (κ2) is 5.87. The van der Waals surface area contributed by atoms with Crippen LogP contribution >= 0.6 is 0 Å². The van der Waals surface area contributed by atoms with Crippen LogP contribution in [0.1, 0.15) is 40.5 Å². The Morgan fingerprint density at radius 3 is 2.35 bits per heavy atom. The second-order valence-electron chi connectivity index (χ2n) is 6.33. The van der Waals surface area contributed by atoms with Crippen molar-refractivity contribution in [2.24, 2.45) is 0 Å². The summed E-state index contributed by atoms with van der Waals surface area (Å²) in [6, 6.07) is 0. The molecule has 0 saturated carbocycles. The van der Waals surface area contributed by atoms with Gasteiger partial charge in [-0.05, 0) is 27.7 Å². The first-order valence-corrected chi connectivity index (χ1v) is 7.25. The Hall–Kier alpha value is -0.240. The molecule has 2 rings (SSSR count). The molecule has 0 aliphatic carbocycles. The second-order valence-corrected chi connectivity index (χ2v) is 6.33. The van der Waals surface area contributed by atoms with E-state index in [2.05, 4.69) is 0 Å². The van der Waals surface area contributed by atoms with E-state index in [4.69, 9.17) is 14.2 Å². The van der Waals surface area contributed by atoms with E-state index in [1.165, 1.54) is 0 Å². The minimum Gasteiger partial charge on any atom is -0.388 e. The summed E-state index contributed by atoms with van der Waals surface area (Å²) < 4.78 is 16.9. The van der Waals surface area contributed by atoms with Crippen LogP contribution in [0.25, 0.3) is 0 Å². The molecule has 0 radical (unpaired) electrons. The van der Waals surface area contributed by atoms with E-state index in [1.54, 1.807) is 20.8 Å². The normalized spacial score (nSPS) is 53.9. The molecule has 2 heterocycles. The Morgan fingerprint density at radius 1 is 1.10 bits per heavy atom. The predicted octanol–water partition coefficient (Wildman–Crippen LogP) is 0.177. The standard InChI is InChI=1S/C14H26O6/c1-7-5-10(12(15)8(2)18-7)20-11-6-14(4,17)13(16)9(3)19-11/h7-13,15-17H,5-6H2,1-4H3/t7-,8?,9?,10+,11-,12-,13-,14-/m0/s1. The molecule has 2 unspecified atom stereocenters. The monoisotopic (exact) mass is 290 g/mol. The Kier molecular flexibility index (Phi) is 4.73. The molecule has 6 nitrogen and oxygen atoms in total. The van der Waals surface area contributed by atoms with Gasteiger partial charge < -0.3 is 29.5 Å². The van der Waals surface area contributed by atoms with Crippen molar-refractivity contribution in [3.05, 3.63) is 0 Å². The largest absolute Gasteiger partial charge is 0.388 e. The molecule has 0 bridgehead atoms. The molecule has 0 spiro atoms. The van der Waals surface area contributed by atoms with Gasteiger partial charge in [0.05, 0.1) is 30.0 Å². The van der Waals surface area contributed by atoms with Gasteiger partial charge >= 0.3 is 0 Å². The summed E-state index contributed by atoms with van der Waals surface area (Å²) in [4.78, 5) is 0. The Labute approximate surface area is 119 Å². The molecule has 2 fully saturated rings. The van der Waals surface area contributed by atoms with E-state index >= 15 is 0 Å². The number of aliphatic hydroxyl groups excluding tert-OH is 2. The SMILES string of the molecule is CC1O[C@@H](C)C[C@@H](O[C@H]2C[C@](C)(O)[C@@H](O)C(C)O2)[C@H]1O. The van der Waals surface area contributed by atoms with E-state index in [1.807, 2.05) is 6.92 Å². The van der Waals surface area contributed by atoms with Crippen molar-refractivity contribution in [1.82, 2.24) is 0 Å². The van der Waals surface area contributed by atoms with Crippen LogP contribution in [0.5, 0.6) is 0 Å². The van der Waals surface area contributed by atoms with Gasteiger partial charge in [0.1, 0.15) is 12.2 Å². The molecule has 0 amide bonds. The Balaban J connectivity index is 1.99. The third-order valence-corrected chi connectivity index (χ3v) is 4.23. The van der Waals surface area contributed by atoms with Gasteiger partial charge in [0.15, 0.2) is 6.29 Å². The first kappa shape index (κ1) is 16.1. The molecule has 3 N–H and O–H groups in total. The molecular weight excluding hydrogens is 264 g/mol. The Morgan fingerprint density at radius 2 is 1.75 bits per heavy atom. The van der Waals surface area contributed by atoms with E-state index < -0.39 is 36.3 Å². The molecule has 2 aliphatic heterocycles. The number of hydrogen-bond acceptors (Lipinski definition) is 6. The molecule has 8 atom stereocenters. The number of ether oxygens (including phenoxy) is 3. The van der Waals surface area contributed by atoms with Gasteiger partial charge in [-0.15, -0.1) is 0 Å². The highest BCUT2D eigenvalue weighted by atomic mass is 16.7. The molecule has 6 heteroatoms. The third-order valence-electron chi connectivity index (χ3n) is 4.23. The van der Waals surface area contributed by atoms with Crippen molar-refractivity contribution in [3.8, 4) is 0 Å².